The number of nitrogens with one attached hydrogen (secondary N) is 1. The largest absolute Gasteiger partial charge is 0.492 e. The zero-order valence-electron chi connectivity index (χ0n) is 11.5. The third-order valence-corrected chi connectivity index (χ3v) is 3.05. The van der Waals surface area contributed by atoms with Crippen LogP contribution in [0.15, 0.2) is 24.3 Å². The average Bonchev–Trinajstić information content (AvgIpc) is 2.38. The van der Waals surface area contributed by atoms with Crippen molar-refractivity contribution >= 4 is 5.91 Å². The minimum absolute atomic E-state index is 0.129. The van der Waals surface area contributed by atoms with E-state index >= 15 is 0 Å². The molecule has 0 aromatic heterocycles. The first kappa shape index (κ1) is 14.6. The molecule has 1 amide bonds. The van der Waals surface area contributed by atoms with E-state index in [1.165, 1.54) is 5.56 Å². The van der Waals surface area contributed by atoms with E-state index in [1.54, 1.807) is 0 Å². The molecule has 1 rings (SSSR count). The van der Waals surface area contributed by atoms with Gasteiger partial charge in [0.05, 0.1) is 6.54 Å². The van der Waals surface area contributed by atoms with Crippen molar-refractivity contribution in [1.82, 2.24) is 5.32 Å². The molecular weight excluding hydrogens is 226 g/mol. The summed E-state index contributed by atoms with van der Waals surface area (Å²) in [5.41, 5.74) is 1.21. The van der Waals surface area contributed by atoms with Crippen LogP contribution >= 0.6 is 0 Å². The Morgan fingerprint density at radius 3 is 2.39 bits per heavy atom. The maximum absolute atomic E-state index is 11.7. The number of hydrogen-bond donors (Lipinski definition) is 1. The Balaban J connectivity index is 2.22. The molecule has 0 spiro atoms. The minimum Gasteiger partial charge on any atom is -0.492 e. The lowest BCUT2D eigenvalue weighted by molar-refractivity contribution is -0.125. The molecule has 0 bridgehead atoms. The Kier molecular flexibility index (Phi) is 6.26. The van der Waals surface area contributed by atoms with Crippen molar-refractivity contribution in [2.24, 2.45) is 5.92 Å². The zero-order valence-corrected chi connectivity index (χ0v) is 11.5. The van der Waals surface area contributed by atoms with Crippen molar-refractivity contribution < 1.29 is 9.53 Å². The molecular formula is C15H23NO2. The van der Waals surface area contributed by atoms with Crippen molar-refractivity contribution in [3.63, 3.8) is 0 Å². The van der Waals surface area contributed by atoms with Gasteiger partial charge in [-0.3, -0.25) is 4.79 Å². The summed E-state index contributed by atoms with van der Waals surface area (Å²) in [5.74, 6) is 1.11. The maximum atomic E-state index is 11.7. The molecule has 0 saturated carbocycles. The topological polar surface area (TPSA) is 38.3 Å². The van der Waals surface area contributed by atoms with Gasteiger partial charge in [-0.05, 0) is 31.9 Å². The second-order valence-corrected chi connectivity index (χ2v) is 4.47. The lowest BCUT2D eigenvalue weighted by atomic mass is 10.0. The number of benzene rings is 1. The van der Waals surface area contributed by atoms with Gasteiger partial charge < -0.3 is 10.1 Å². The predicted molar refractivity (Wildman–Crippen MR) is 73.8 cm³/mol. The highest BCUT2D eigenvalue weighted by molar-refractivity contribution is 5.78. The molecule has 0 aliphatic carbocycles. The van der Waals surface area contributed by atoms with Crippen LogP contribution < -0.4 is 10.1 Å². The zero-order chi connectivity index (χ0) is 13.4. The van der Waals surface area contributed by atoms with Crippen LogP contribution in [0.1, 0.15) is 32.3 Å². The van der Waals surface area contributed by atoms with Crippen LogP contribution in [0.2, 0.25) is 0 Å². The fourth-order valence-corrected chi connectivity index (χ4v) is 1.78. The number of ether oxygens (including phenoxy) is 1. The molecule has 0 unspecified atom stereocenters. The molecule has 1 N–H and O–H groups in total. The van der Waals surface area contributed by atoms with Crippen LogP contribution in [0.3, 0.4) is 0 Å². The van der Waals surface area contributed by atoms with Gasteiger partial charge in [0.1, 0.15) is 12.4 Å². The van der Waals surface area contributed by atoms with Crippen LogP contribution in [-0.2, 0) is 4.79 Å². The Morgan fingerprint density at radius 2 is 1.83 bits per heavy atom. The van der Waals surface area contributed by atoms with E-state index in [4.69, 9.17) is 4.74 Å². The lowest BCUT2D eigenvalue weighted by Crippen LogP contribution is -2.33. The molecule has 0 saturated heterocycles. The summed E-state index contributed by atoms with van der Waals surface area (Å²) in [7, 11) is 0. The summed E-state index contributed by atoms with van der Waals surface area (Å²) in [4.78, 5) is 11.7. The van der Waals surface area contributed by atoms with Gasteiger partial charge in [-0.1, -0.05) is 31.5 Å². The van der Waals surface area contributed by atoms with Crippen molar-refractivity contribution in [2.45, 2.75) is 33.6 Å². The molecule has 100 valence electrons. The van der Waals surface area contributed by atoms with Crippen LogP contribution in [0, 0.1) is 12.8 Å². The van der Waals surface area contributed by atoms with Gasteiger partial charge in [-0.25, -0.2) is 0 Å². The maximum Gasteiger partial charge on any atom is 0.223 e. The number of carbonyl (C=O) groups is 1. The quantitative estimate of drug-likeness (QED) is 0.755. The summed E-state index contributed by atoms with van der Waals surface area (Å²) >= 11 is 0. The van der Waals surface area contributed by atoms with E-state index in [-0.39, 0.29) is 11.8 Å². The number of hydrogen-bond acceptors (Lipinski definition) is 2. The summed E-state index contributed by atoms with van der Waals surface area (Å²) in [6.45, 7) is 7.19. The fourth-order valence-electron chi connectivity index (χ4n) is 1.78. The molecule has 1 aromatic rings. The Bertz CT molecular complexity index is 355. The van der Waals surface area contributed by atoms with Gasteiger partial charge in [0.2, 0.25) is 5.91 Å². The van der Waals surface area contributed by atoms with Crippen molar-refractivity contribution in [3.05, 3.63) is 29.8 Å². The first-order valence-corrected chi connectivity index (χ1v) is 6.64. The monoisotopic (exact) mass is 249 g/mol. The standard InChI is InChI=1S/C15H23NO2/c1-4-13(5-2)15(17)16-10-11-18-14-8-6-12(3)7-9-14/h6-9,13H,4-5,10-11H2,1-3H3,(H,16,17). The molecule has 0 aliphatic heterocycles. The highest BCUT2D eigenvalue weighted by atomic mass is 16.5. The average molecular weight is 249 g/mol. The minimum atomic E-state index is 0.129. The highest BCUT2D eigenvalue weighted by Crippen LogP contribution is 2.11. The van der Waals surface area contributed by atoms with E-state index in [0.717, 1.165) is 18.6 Å². The van der Waals surface area contributed by atoms with E-state index in [0.29, 0.717) is 13.2 Å². The Hall–Kier alpha value is -1.51. The smallest absolute Gasteiger partial charge is 0.223 e. The summed E-state index contributed by atoms with van der Waals surface area (Å²) < 4.78 is 5.54. The molecule has 3 heteroatoms. The lowest BCUT2D eigenvalue weighted by Gasteiger charge is -2.13. The summed E-state index contributed by atoms with van der Waals surface area (Å²) in [6.07, 6.45) is 1.78. The normalized spacial score (nSPS) is 10.4. The van der Waals surface area contributed by atoms with Crippen LogP contribution in [0.5, 0.6) is 5.75 Å². The predicted octanol–water partition coefficient (Wildman–Crippen LogP) is 2.93. The van der Waals surface area contributed by atoms with E-state index in [2.05, 4.69) is 5.32 Å². The number of rotatable bonds is 7. The van der Waals surface area contributed by atoms with Gasteiger partial charge in [-0.15, -0.1) is 0 Å². The van der Waals surface area contributed by atoms with Crippen molar-refractivity contribution in [1.29, 1.82) is 0 Å². The van der Waals surface area contributed by atoms with Gasteiger partial charge in [0.15, 0.2) is 0 Å². The molecule has 0 aliphatic rings. The number of carbonyl (C=O) groups excluding carboxylic acids is 1. The Morgan fingerprint density at radius 1 is 1.22 bits per heavy atom. The van der Waals surface area contributed by atoms with Gasteiger partial charge in [0.25, 0.3) is 0 Å². The molecule has 18 heavy (non-hydrogen) atoms. The fraction of sp³-hybridized carbons (Fsp3) is 0.533. The van der Waals surface area contributed by atoms with Crippen molar-refractivity contribution in [2.75, 3.05) is 13.2 Å². The second-order valence-electron chi connectivity index (χ2n) is 4.47. The first-order chi connectivity index (χ1) is 8.67. The Labute approximate surface area is 110 Å². The molecule has 0 heterocycles. The van der Waals surface area contributed by atoms with Crippen molar-refractivity contribution in [3.8, 4) is 5.75 Å². The number of aryl methyl sites for hydroxylation is 1. The van der Waals surface area contributed by atoms with Gasteiger partial charge in [-0.2, -0.15) is 0 Å². The third-order valence-electron chi connectivity index (χ3n) is 3.05. The highest BCUT2D eigenvalue weighted by Gasteiger charge is 2.12. The molecule has 3 nitrogen and oxygen atoms in total. The van der Waals surface area contributed by atoms with Crippen LogP contribution in [0.4, 0.5) is 0 Å². The number of amides is 1. The SMILES string of the molecule is CCC(CC)C(=O)NCCOc1ccc(C)cc1. The van der Waals surface area contributed by atoms with Crippen LogP contribution in [0.25, 0.3) is 0 Å². The van der Waals surface area contributed by atoms with Gasteiger partial charge >= 0.3 is 0 Å². The first-order valence-electron chi connectivity index (χ1n) is 6.64. The molecule has 0 radical (unpaired) electrons. The van der Waals surface area contributed by atoms with E-state index < -0.39 is 0 Å². The van der Waals surface area contributed by atoms with Crippen LogP contribution in [-0.4, -0.2) is 19.1 Å². The second kappa shape index (κ2) is 7.75. The molecule has 1 aromatic carbocycles. The summed E-state index contributed by atoms with van der Waals surface area (Å²) in [5, 5.41) is 2.90. The molecule has 0 atom stereocenters. The molecule has 0 fully saturated rings. The third kappa shape index (κ3) is 4.78. The van der Waals surface area contributed by atoms with Gasteiger partial charge in [0, 0.05) is 5.92 Å². The van der Waals surface area contributed by atoms with E-state index in [9.17, 15) is 4.79 Å². The summed E-state index contributed by atoms with van der Waals surface area (Å²) in [6, 6.07) is 7.91. The van der Waals surface area contributed by atoms with E-state index in [1.807, 2.05) is 45.0 Å².